The highest BCUT2D eigenvalue weighted by Gasteiger charge is 2.24. The average molecular weight is 328 g/mol. The lowest BCUT2D eigenvalue weighted by Crippen LogP contribution is -2.03. The molecule has 3 nitrogen and oxygen atoms in total. The number of benzene rings is 2. The van der Waals surface area contributed by atoms with Crippen molar-refractivity contribution in [1.82, 2.24) is 4.57 Å². The molecule has 3 aromatic rings. The van der Waals surface area contributed by atoms with Gasteiger partial charge in [-0.05, 0) is 56.7 Å². The van der Waals surface area contributed by atoms with Crippen molar-refractivity contribution in [3.8, 4) is 5.69 Å². The fourth-order valence-corrected chi connectivity index (χ4v) is 3.46. The molecular formula is C22H20N2O. The first-order valence-corrected chi connectivity index (χ1v) is 8.43. The number of aromatic nitrogens is 1. The number of aryl methyl sites for hydroxylation is 2. The Balaban J connectivity index is 1.82. The Hall–Kier alpha value is -3.07. The molecule has 0 unspecified atom stereocenters. The Labute approximate surface area is 147 Å². The molecule has 0 saturated carbocycles. The second-order valence-electron chi connectivity index (χ2n) is 6.56. The van der Waals surface area contributed by atoms with Gasteiger partial charge in [-0.15, -0.1) is 0 Å². The summed E-state index contributed by atoms with van der Waals surface area (Å²) in [5.41, 5.74) is 8.30. The summed E-state index contributed by atoms with van der Waals surface area (Å²) >= 11 is 0. The third-order valence-electron chi connectivity index (χ3n) is 4.77. The third kappa shape index (κ3) is 2.58. The largest absolute Gasteiger partial charge is 0.321 e. The Kier molecular flexibility index (Phi) is 3.57. The van der Waals surface area contributed by atoms with Crippen LogP contribution in [0.5, 0.6) is 0 Å². The van der Waals surface area contributed by atoms with E-state index in [2.05, 4.69) is 61.0 Å². The van der Waals surface area contributed by atoms with Gasteiger partial charge in [0.25, 0.3) is 5.91 Å². The smallest absolute Gasteiger partial charge is 0.256 e. The van der Waals surface area contributed by atoms with Crippen molar-refractivity contribution in [2.24, 2.45) is 0 Å². The summed E-state index contributed by atoms with van der Waals surface area (Å²) in [5.74, 6) is -0.0404. The van der Waals surface area contributed by atoms with E-state index < -0.39 is 0 Å². The second-order valence-corrected chi connectivity index (χ2v) is 6.56. The Morgan fingerprint density at radius 1 is 0.960 bits per heavy atom. The molecule has 0 saturated heterocycles. The molecule has 2 heterocycles. The van der Waals surface area contributed by atoms with E-state index in [0.29, 0.717) is 0 Å². The molecule has 1 amide bonds. The third-order valence-corrected chi connectivity index (χ3v) is 4.77. The fourth-order valence-electron chi connectivity index (χ4n) is 3.46. The summed E-state index contributed by atoms with van der Waals surface area (Å²) in [6.07, 6.45) is 1.99. The van der Waals surface area contributed by atoms with E-state index in [1.807, 2.05) is 30.3 Å². The molecule has 1 aromatic heterocycles. The van der Waals surface area contributed by atoms with Crippen molar-refractivity contribution in [1.29, 1.82) is 0 Å². The number of nitrogens with one attached hydrogen (secondary N) is 1. The van der Waals surface area contributed by atoms with Crippen molar-refractivity contribution in [3.63, 3.8) is 0 Å². The average Bonchev–Trinajstić information content (AvgIpc) is 3.06. The number of amides is 1. The molecule has 0 bridgehead atoms. The van der Waals surface area contributed by atoms with Crippen LogP contribution in [0, 0.1) is 20.8 Å². The highest BCUT2D eigenvalue weighted by atomic mass is 16.2. The van der Waals surface area contributed by atoms with Gasteiger partial charge in [0.15, 0.2) is 0 Å². The zero-order chi connectivity index (χ0) is 17.6. The van der Waals surface area contributed by atoms with E-state index in [9.17, 15) is 4.79 Å². The summed E-state index contributed by atoms with van der Waals surface area (Å²) in [4.78, 5) is 12.4. The van der Waals surface area contributed by atoms with Gasteiger partial charge in [0, 0.05) is 33.9 Å². The molecule has 3 heteroatoms. The van der Waals surface area contributed by atoms with Gasteiger partial charge in [0.1, 0.15) is 0 Å². The van der Waals surface area contributed by atoms with Crippen molar-refractivity contribution >= 4 is 23.2 Å². The van der Waals surface area contributed by atoms with E-state index in [-0.39, 0.29) is 5.91 Å². The lowest BCUT2D eigenvalue weighted by atomic mass is 10.0. The minimum Gasteiger partial charge on any atom is -0.321 e. The van der Waals surface area contributed by atoms with Crippen LogP contribution in [0.4, 0.5) is 5.69 Å². The summed E-state index contributed by atoms with van der Waals surface area (Å²) < 4.78 is 2.23. The van der Waals surface area contributed by atoms with Crippen LogP contribution in [0.3, 0.4) is 0 Å². The van der Waals surface area contributed by atoms with Gasteiger partial charge in [-0.3, -0.25) is 4.79 Å². The zero-order valence-electron chi connectivity index (χ0n) is 14.6. The normalized spacial score (nSPS) is 14.7. The van der Waals surface area contributed by atoms with Gasteiger partial charge >= 0.3 is 0 Å². The minimum atomic E-state index is -0.0404. The van der Waals surface area contributed by atoms with Crippen LogP contribution >= 0.6 is 0 Å². The van der Waals surface area contributed by atoms with E-state index >= 15 is 0 Å². The van der Waals surface area contributed by atoms with Gasteiger partial charge in [-0.25, -0.2) is 0 Å². The molecule has 1 N–H and O–H groups in total. The van der Waals surface area contributed by atoms with Crippen molar-refractivity contribution < 1.29 is 4.79 Å². The van der Waals surface area contributed by atoms with E-state index in [0.717, 1.165) is 39.5 Å². The molecule has 1 aliphatic heterocycles. The Morgan fingerprint density at radius 3 is 2.44 bits per heavy atom. The highest BCUT2D eigenvalue weighted by molar-refractivity contribution is 6.34. The highest BCUT2D eigenvalue weighted by Crippen LogP contribution is 2.34. The lowest BCUT2D eigenvalue weighted by molar-refractivity contribution is -0.110. The maximum atomic E-state index is 12.4. The Bertz CT molecular complexity index is 1010. The number of anilines is 1. The van der Waals surface area contributed by atoms with Crippen LogP contribution in [0.25, 0.3) is 17.3 Å². The van der Waals surface area contributed by atoms with Crippen molar-refractivity contribution in [2.45, 2.75) is 20.8 Å². The molecule has 124 valence electrons. The quantitative estimate of drug-likeness (QED) is 0.667. The number of nitrogens with zero attached hydrogens (tertiary/aromatic N) is 1. The standard InChI is InChI=1S/C22H20N2O/c1-14-8-10-18(11-9-14)24-15(2)12-17(16(24)3)13-20-19-6-4-5-7-21(19)23-22(20)25/h4-13H,1-3H3,(H,23,25)/b20-13-. The van der Waals surface area contributed by atoms with Crippen molar-refractivity contribution in [3.05, 3.63) is 82.7 Å². The number of hydrogen-bond acceptors (Lipinski definition) is 1. The summed E-state index contributed by atoms with van der Waals surface area (Å²) in [5, 5.41) is 2.93. The first-order chi connectivity index (χ1) is 12.0. The lowest BCUT2D eigenvalue weighted by Gasteiger charge is -2.10. The molecule has 0 spiro atoms. The predicted octanol–water partition coefficient (Wildman–Crippen LogP) is 4.90. The van der Waals surface area contributed by atoms with Crippen LogP contribution in [0.15, 0.2) is 54.6 Å². The van der Waals surface area contributed by atoms with E-state index in [4.69, 9.17) is 0 Å². The molecule has 0 atom stereocenters. The number of carbonyl (C=O) groups excluding carboxylic acids is 1. The minimum absolute atomic E-state index is 0.0404. The number of fused-ring (bicyclic) bond motifs is 1. The number of rotatable bonds is 2. The molecule has 0 fully saturated rings. The molecule has 4 rings (SSSR count). The summed E-state index contributed by atoms with van der Waals surface area (Å²) in [7, 11) is 0. The molecular weight excluding hydrogens is 308 g/mol. The number of carbonyl (C=O) groups is 1. The first kappa shape index (κ1) is 15.5. The number of hydrogen-bond donors (Lipinski definition) is 1. The molecule has 0 aliphatic carbocycles. The maximum Gasteiger partial charge on any atom is 0.256 e. The van der Waals surface area contributed by atoms with E-state index in [1.165, 1.54) is 5.56 Å². The molecule has 0 radical (unpaired) electrons. The molecule has 1 aliphatic rings. The van der Waals surface area contributed by atoms with Crippen molar-refractivity contribution in [2.75, 3.05) is 5.32 Å². The second kappa shape index (κ2) is 5.78. The van der Waals surface area contributed by atoms with Gasteiger partial charge in [0.05, 0.1) is 0 Å². The van der Waals surface area contributed by atoms with Crippen LogP contribution < -0.4 is 5.32 Å². The van der Waals surface area contributed by atoms with Crippen LogP contribution in [0.1, 0.15) is 28.1 Å². The van der Waals surface area contributed by atoms with E-state index in [1.54, 1.807) is 0 Å². The fraction of sp³-hybridized carbons (Fsp3) is 0.136. The monoisotopic (exact) mass is 328 g/mol. The zero-order valence-corrected chi connectivity index (χ0v) is 14.6. The summed E-state index contributed by atoms with van der Waals surface area (Å²) in [6.45, 7) is 6.28. The molecule has 25 heavy (non-hydrogen) atoms. The SMILES string of the molecule is Cc1ccc(-n2c(C)cc(/C=C3\C(=O)Nc4ccccc43)c2C)cc1. The first-order valence-electron chi connectivity index (χ1n) is 8.43. The van der Waals surface area contributed by atoms with Gasteiger partial charge in [-0.2, -0.15) is 0 Å². The van der Waals surface area contributed by atoms with Crippen LogP contribution in [0.2, 0.25) is 0 Å². The van der Waals surface area contributed by atoms with Crippen LogP contribution in [-0.4, -0.2) is 10.5 Å². The van der Waals surface area contributed by atoms with Gasteiger partial charge < -0.3 is 9.88 Å². The Morgan fingerprint density at radius 2 is 1.68 bits per heavy atom. The maximum absolute atomic E-state index is 12.4. The topological polar surface area (TPSA) is 34.0 Å². The molecule has 2 aromatic carbocycles. The van der Waals surface area contributed by atoms with Gasteiger partial charge in [0.2, 0.25) is 0 Å². The summed E-state index contributed by atoms with van der Waals surface area (Å²) in [6, 6.07) is 18.4. The van der Waals surface area contributed by atoms with Gasteiger partial charge in [-0.1, -0.05) is 35.9 Å². The predicted molar refractivity (Wildman–Crippen MR) is 103 cm³/mol. The van der Waals surface area contributed by atoms with Crippen LogP contribution in [-0.2, 0) is 4.79 Å². The number of para-hydroxylation sites is 1.